The van der Waals surface area contributed by atoms with E-state index in [1.54, 1.807) is 17.0 Å². The second-order valence-corrected chi connectivity index (χ2v) is 6.91. The Kier molecular flexibility index (Phi) is 7.29. The Labute approximate surface area is 163 Å². The molecule has 1 saturated heterocycles. The molecule has 1 aliphatic rings. The van der Waals surface area contributed by atoms with Crippen molar-refractivity contribution < 1.29 is 14.4 Å². The van der Waals surface area contributed by atoms with Gasteiger partial charge in [0.15, 0.2) is 0 Å². The van der Waals surface area contributed by atoms with Gasteiger partial charge in [0.2, 0.25) is 11.8 Å². The summed E-state index contributed by atoms with van der Waals surface area (Å²) in [5.41, 5.74) is 0.394. The number of likely N-dealkylation sites (tertiary alicyclic amines) is 1. The Morgan fingerprint density at radius 3 is 2.58 bits per heavy atom. The maximum absolute atomic E-state index is 12.9. The number of nitrogens with zero attached hydrogens (tertiary/aromatic N) is 2. The van der Waals surface area contributed by atoms with Crippen molar-refractivity contribution in [2.75, 3.05) is 26.2 Å². The van der Waals surface area contributed by atoms with Crippen LogP contribution in [0.2, 0.25) is 10.0 Å². The van der Waals surface area contributed by atoms with Gasteiger partial charge in [-0.05, 0) is 44.9 Å². The highest BCUT2D eigenvalue weighted by atomic mass is 35.5. The van der Waals surface area contributed by atoms with E-state index < -0.39 is 6.04 Å². The van der Waals surface area contributed by atoms with E-state index in [4.69, 9.17) is 23.2 Å². The van der Waals surface area contributed by atoms with Crippen LogP contribution in [0.5, 0.6) is 0 Å². The first-order chi connectivity index (χ1) is 12.4. The average Bonchev–Trinajstić information content (AvgIpc) is 3.10. The maximum atomic E-state index is 12.9. The van der Waals surface area contributed by atoms with Crippen LogP contribution in [0.25, 0.3) is 0 Å². The smallest absolute Gasteiger partial charge is 0.254 e. The molecule has 0 bridgehead atoms. The van der Waals surface area contributed by atoms with E-state index >= 15 is 0 Å². The average molecular weight is 400 g/mol. The molecule has 1 aromatic rings. The van der Waals surface area contributed by atoms with E-state index in [1.807, 2.05) is 13.8 Å². The second-order valence-electron chi connectivity index (χ2n) is 6.09. The quantitative estimate of drug-likeness (QED) is 0.798. The normalized spacial score (nSPS) is 16.5. The van der Waals surface area contributed by atoms with Crippen molar-refractivity contribution in [3.05, 3.63) is 33.8 Å². The highest BCUT2D eigenvalue weighted by Crippen LogP contribution is 2.26. The third kappa shape index (κ3) is 4.68. The Hall–Kier alpha value is -1.79. The molecule has 0 aromatic heterocycles. The molecule has 142 valence electrons. The molecule has 0 spiro atoms. The van der Waals surface area contributed by atoms with E-state index in [0.29, 0.717) is 41.7 Å². The SMILES string of the molecule is CCNC(=O)CN(CC)C(=O)C1CCCN1C(=O)c1ccc(Cl)c(Cl)c1. The fraction of sp³-hybridized carbons (Fsp3) is 0.500. The van der Waals surface area contributed by atoms with Gasteiger partial charge in [0.25, 0.3) is 5.91 Å². The summed E-state index contributed by atoms with van der Waals surface area (Å²) in [4.78, 5) is 40.6. The minimum Gasteiger partial charge on any atom is -0.355 e. The molecule has 1 N–H and O–H groups in total. The van der Waals surface area contributed by atoms with Gasteiger partial charge in [-0.2, -0.15) is 0 Å². The third-order valence-electron chi connectivity index (χ3n) is 4.37. The van der Waals surface area contributed by atoms with Crippen LogP contribution in [0, 0.1) is 0 Å². The molecule has 1 aromatic carbocycles. The molecule has 2 rings (SSSR count). The van der Waals surface area contributed by atoms with Gasteiger partial charge in [-0.15, -0.1) is 0 Å². The number of hydrogen-bond acceptors (Lipinski definition) is 3. The van der Waals surface area contributed by atoms with Crippen LogP contribution in [0.15, 0.2) is 18.2 Å². The number of carbonyl (C=O) groups is 3. The molecular formula is C18H23Cl2N3O3. The lowest BCUT2D eigenvalue weighted by Crippen LogP contribution is -2.50. The number of hydrogen-bond donors (Lipinski definition) is 1. The summed E-state index contributed by atoms with van der Waals surface area (Å²) >= 11 is 11.9. The standard InChI is InChI=1S/C18H23Cl2N3O3/c1-3-21-16(24)11-22(4-2)18(26)15-6-5-9-23(15)17(25)12-7-8-13(19)14(20)10-12/h7-8,10,15H,3-6,9,11H2,1-2H3,(H,21,24). The van der Waals surface area contributed by atoms with Crippen molar-refractivity contribution in [2.24, 2.45) is 0 Å². The molecule has 1 heterocycles. The largest absolute Gasteiger partial charge is 0.355 e. The fourth-order valence-electron chi connectivity index (χ4n) is 3.04. The first-order valence-electron chi connectivity index (χ1n) is 8.70. The van der Waals surface area contributed by atoms with Gasteiger partial charge >= 0.3 is 0 Å². The van der Waals surface area contributed by atoms with Crippen LogP contribution in [0.3, 0.4) is 0 Å². The van der Waals surface area contributed by atoms with Crippen LogP contribution < -0.4 is 5.32 Å². The lowest BCUT2D eigenvalue weighted by molar-refractivity contribution is -0.139. The fourth-order valence-corrected chi connectivity index (χ4v) is 3.34. The molecule has 1 fully saturated rings. The molecular weight excluding hydrogens is 377 g/mol. The number of benzene rings is 1. The Bertz CT molecular complexity index is 696. The summed E-state index contributed by atoms with van der Waals surface area (Å²) in [7, 11) is 0. The summed E-state index contributed by atoms with van der Waals surface area (Å²) in [5, 5.41) is 3.36. The number of carbonyl (C=O) groups excluding carboxylic acids is 3. The van der Waals surface area contributed by atoms with E-state index in [-0.39, 0.29) is 24.3 Å². The van der Waals surface area contributed by atoms with Gasteiger partial charge in [0.05, 0.1) is 16.6 Å². The van der Waals surface area contributed by atoms with E-state index in [9.17, 15) is 14.4 Å². The Balaban J connectivity index is 2.14. The lowest BCUT2D eigenvalue weighted by atomic mass is 10.1. The van der Waals surface area contributed by atoms with Gasteiger partial charge in [-0.1, -0.05) is 23.2 Å². The van der Waals surface area contributed by atoms with Gasteiger partial charge in [-0.3, -0.25) is 14.4 Å². The van der Waals surface area contributed by atoms with Gasteiger partial charge in [0, 0.05) is 25.2 Å². The van der Waals surface area contributed by atoms with Crippen molar-refractivity contribution in [1.82, 2.24) is 15.1 Å². The molecule has 0 radical (unpaired) electrons. The predicted molar refractivity (Wildman–Crippen MR) is 101 cm³/mol. The van der Waals surface area contributed by atoms with Crippen LogP contribution in [0.4, 0.5) is 0 Å². The number of halogens is 2. The zero-order valence-electron chi connectivity index (χ0n) is 14.9. The van der Waals surface area contributed by atoms with Crippen LogP contribution in [-0.2, 0) is 9.59 Å². The first kappa shape index (κ1) is 20.5. The van der Waals surface area contributed by atoms with Crippen molar-refractivity contribution in [1.29, 1.82) is 0 Å². The number of rotatable bonds is 6. The van der Waals surface area contributed by atoms with E-state index in [0.717, 1.165) is 6.42 Å². The maximum Gasteiger partial charge on any atom is 0.254 e. The molecule has 1 unspecified atom stereocenters. The van der Waals surface area contributed by atoms with Crippen molar-refractivity contribution in [3.8, 4) is 0 Å². The Morgan fingerprint density at radius 2 is 1.96 bits per heavy atom. The minimum absolute atomic E-state index is 0.00548. The van der Waals surface area contributed by atoms with Gasteiger partial charge in [-0.25, -0.2) is 0 Å². The predicted octanol–water partition coefficient (Wildman–Crippen LogP) is 2.58. The Morgan fingerprint density at radius 1 is 1.23 bits per heavy atom. The van der Waals surface area contributed by atoms with Crippen molar-refractivity contribution in [3.63, 3.8) is 0 Å². The monoisotopic (exact) mass is 399 g/mol. The zero-order chi connectivity index (χ0) is 19.3. The lowest BCUT2D eigenvalue weighted by Gasteiger charge is -2.29. The number of likely N-dealkylation sites (N-methyl/N-ethyl adjacent to an activating group) is 2. The molecule has 6 nitrogen and oxygen atoms in total. The summed E-state index contributed by atoms with van der Waals surface area (Å²) in [5.74, 6) is -0.666. The van der Waals surface area contributed by atoms with Gasteiger partial charge < -0.3 is 15.1 Å². The van der Waals surface area contributed by atoms with Crippen LogP contribution in [-0.4, -0.2) is 59.7 Å². The summed E-state index contributed by atoms with van der Waals surface area (Å²) < 4.78 is 0. The molecule has 0 saturated carbocycles. The summed E-state index contributed by atoms with van der Waals surface area (Å²) in [6, 6.07) is 4.12. The summed E-state index contributed by atoms with van der Waals surface area (Å²) in [6.07, 6.45) is 1.32. The molecule has 3 amide bonds. The molecule has 0 aliphatic carbocycles. The van der Waals surface area contributed by atoms with E-state index in [1.165, 1.54) is 11.0 Å². The highest BCUT2D eigenvalue weighted by Gasteiger charge is 2.37. The van der Waals surface area contributed by atoms with Crippen molar-refractivity contribution in [2.45, 2.75) is 32.7 Å². The second kappa shape index (κ2) is 9.24. The van der Waals surface area contributed by atoms with E-state index in [2.05, 4.69) is 5.32 Å². The van der Waals surface area contributed by atoms with Crippen molar-refractivity contribution >= 4 is 40.9 Å². The highest BCUT2D eigenvalue weighted by molar-refractivity contribution is 6.42. The molecule has 1 atom stereocenters. The van der Waals surface area contributed by atoms with Crippen LogP contribution >= 0.6 is 23.2 Å². The third-order valence-corrected chi connectivity index (χ3v) is 5.11. The number of nitrogens with one attached hydrogen (secondary N) is 1. The molecule has 26 heavy (non-hydrogen) atoms. The topological polar surface area (TPSA) is 69.7 Å². The summed E-state index contributed by atoms with van der Waals surface area (Å²) in [6.45, 7) is 5.04. The minimum atomic E-state index is -0.564. The first-order valence-corrected chi connectivity index (χ1v) is 9.46. The zero-order valence-corrected chi connectivity index (χ0v) is 16.4. The van der Waals surface area contributed by atoms with Gasteiger partial charge in [0.1, 0.15) is 6.04 Å². The molecule has 1 aliphatic heterocycles. The molecule has 8 heteroatoms. The number of amides is 3. The van der Waals surface area contributed by atoms with Crippen LogP contribution in [0.1, 0.15) is 37.0 Å².